The molecule has 2 aromatic heterocycles. The summed E-state index contributed by atoms with van der Waals surface area (Å²) in [4.78, 5) is 7.91. The van der Waals surface area contributed by atoms with E-state index in [9.17, 15) is 8.78 Å². The van der Waals surface area contributed by atoms with Crippen molar-refractivity contribution in [2.45, 2.75) is 19.9 Å². The van der Waals surface area contributed by atoms with Gasteiger partial charge in [0, 0.05) is 0 Å². The predicted molar refractivity (Wildman–Crippen MR) is 51.1 cm³/mol. The Morgan fingerprint density at radius 3 is 2.93 bits per heavy atom. The molecule has 0 aliphatic rings. The Kier molecular flexibility index (Phi) is 2.52. The fourth-order valence-corrected chi connectivity index (χ4v) is 1.46. The molecule has 0 saturated carbocycles. The van der Waals surface area contributed by atoms with E-state index in [1.807, 2.05) is 0 Å². The zero-order valence-corrected chi connectivity index (χ0v) is 8.54. The summed E-state index contributed by atoms with van der Waals surface area (Å²) in [5.41, 5.74) is 1.36. The Balaban J connectivity index is 2.59. The monoisotopic (exact) mass is 232 g/mol. The number of aryl methyl sites for hydroxylation is 1. The second kappa shape index (κ2) is 3.69. The summed E-state index contributed by atoms with van der Waals surface area (Å²) in [6, 6.07) is 0. The molecule has 0 fully saturated rings. The van der Waals surface area contributed by atoms with Crippen molar-refractivity contribution in [3.05, 3.63) is 17.0 Å². The highest BCUT2D eigenvalue weighted by Crippen LogP contribution is 2.16. The molecule has 0 aliphatic carbocycles. The minimum Gasteiger partial charge on any atom is -0.248 e. The van der Waals surface area contributed by atoms with Crippen LogP contribution in [-0.4, -0.2) is 26.2 Å². The molecule has 2 heterocycles. The van der Waals surface area contributed by atoms with Crippen molar-refractivity contribution in [2.24, 2.45) is 0 Å². The molecular formula is C8H7ClF2N4. The van der Waals surface area contributed by atoms with Gasteiger partial charge in [-0.2, -0.15) is 5.10 Å². The van der Waals surface area contributed by atoms with E-state index in [-0.39, 0.29) is 5.15 Å². The minimum absolute atomic E-state index is 0.165. The van der Waals surface area contributed by atoms with E-state index in [4.69, 9.17) is 11.6 Å². The number of rotatable bonds is 2. The molecule has 0 saturated heterocycles. The number of halogens is 3. The van der Waals surface area contributed by atoms with Crippen LogP contribution in [0.1, 0.15) is 5.69 Å². The molecule has 15 heavy (non-hydrogen) atoms. The van der Waals surface area contributed by atoms with Crippen molar-refractivity contribution < 1.29 is 8.78 Å². The van der Waals surface area contributed by atoms with Gasteiger partial charge in [0.15, 0.2) is 5.65 Å². The lowest BCUT2D eigenvalue weighted by Gasteiger charge is -2.00. The number of alkyl halides is 2. The van der Waals surface area contributed by atoms with Crippen molar-refractivity contribution in [2.75, 3.05) is 0 Å². The average molecular weight is 233 g/mol. The number of hydrogen-bond acceptors (Lipinski definition) is 3. The summed E-state index contributed by atoms with van der Waals surface area (Å²) >= 11 is 5.63. The summed E-state index contributed by atoms with van der Waals surface area (Å²) in [5.74, 6) is 0. The van der Waals surface area contributed by atoms with E-state index in [2.05, 4.69) is 15.1 Å². The van der Waals surface area contributed by atoms with Crippen LogP contribution in [-0.2, 0) is 6.54 Å². The lowest BCUT2D eigenvalue weighted by Crippen LogP contribution is -2.08. The molecule has 2 rings (SSSR count). The van der Waals surface area contributed by atoms with E-state index in [0.29, 0.717) is 16.9 Å². The number of aromatic nitrogens is 4. The Morgan fingerprint density at radius 2 is 2.27 bits per heavy atom. The van der Waals surface area contributed by atoms with E-state index < -0.39 is 13.0 Å². The molecule has 0 spiro atoms. The van der Waals surface area contributed by atoms with E-state index in [1.54, 1.807) is 6.92 Å². The Bertz CT molecular complexity index is 497. The van der Waals surface area contributed by atoms with Crippen molar-refractivity contribution in [1.29, 1.82) is 0 Å². The zero-order valence-electron chi connectivity index (χ0n) is 7.78. The minimum atomic E-state index is -2.48. The summed E-state index contributed by atoms with van der Waals surface area (Å²) in [6.45, 7) is 1.19. The van der Waals surface area contributed by atoms with Gasteiger partial charge in [0.05, 0.1) is 11.9 Å². The average Bonchev–Trinajstić information content (AvgIpc) is 2.42. The van der Waals surface area contributed by atoms with E-state index in [0.717, 1.165) is 4.68 Å². The molecule has 0 radical (unpaired) electrons. The highest BCUT2D eigenvalue weighted by Gasteiger charge is 2.13. The van der Waals surface area contributed by atoms with Gasteiger partial charge >= 0.3 is 0 Å². The molecular weight excluding hydrogens is 226 g/mol. The number of fused-ring (bicyclic) bond motifs is 1. The van der Waals surface area contributed by atoms with Crippen LogP contribution in [0.3, 0.4) is 0 Å². The number of hydrogen-bond donors (Lipinski definition) is 0. The lowest BCUT2D eigenvalue weighted by atomic mass is 10.4. The van der Waals surface area contributed by atoms with Crippen LogP contribution in [0.4, 0.5) is 8.78 Å². The van der Waals surface area contributed by atoms with Gasteiger partial charge in [-0.1, -0.05) is 11.6 Å². The molecule has 0 unspecified atom stereocenters. The summed E-state index contributed by atoms with van der Waals surface area (Å²) in [5, 5.41) is 4.09. The van der Waals surface area contributed by atoms with Crippen LogP contribution >= 0.6 is 11.6 Å². The third-order valence-corrected chi connectivity index (χ3v) is 2.08. The van der Waals surface area contributed by atoms with Crippen molar-refractivity contribution >= 4 is 22.8 Å². The topological polar surface area (TPSA) is 43.6 Å². The maximum absolute atomic E-state index is 12.2. The molecule has 0 atom stereocenters. The smallest absolute Gasteiger partial charge is 0.248 e. The first-order chi connectivity index (χ1) is 7.08. The normalized spacial score (nSPS) is 11.5. The first-order valence-electron chi connectivity index (χ1n) is 4.21. The highest BCUT2D eigenvalue weighted by molar-refractivity contribution is 6.29. The van der Waals surface area contributed by atoms with Crippen molar-refractivity contribution in [3.8, 4) is 0 Å². The Hall–Kier alpha value is -1.30. The highest BCUT2D eigenvalue weighted by atomic mass is 35.5. The van der Waals surface area contributed by atoms with Gasteiger partial charge in [0.2, 0.25) is 0 Å². The first-order valence-corrected chi connectivity index (χ1v) is 4.59. The summed E-state index contributed by atoms with van der Waals surface area (Å²) in [7, 11) is 0. The maximum Gasteiger partial charge on any atom is 0.258 e. The third-order valence-electron chi connectivity index (χ3n) is 1.89. The van der Waals surface area contributed by atoms with Crippen LogP contribution in [0.2, 0.25) is 5.15 Å². The molecule has 0 amide bonds. The molecule has 0 aliphatic heterocycles. The second-order valence-corrected chi connectivity index (χ2v) is 3.41. The SMILES string of the molecule is Cc1nn(CC(F)F)c2nc(Cl)cnc12. The van der Waals surface area contributed by atoms with Crippen molar-refractivity contribution in [3.63, 3.8) is 0 Å². The van der Waals surface area contributed by atoms with Crippen LogP contribution in [0.15, 0.2) is 6.20 Å². The second-order valence-electron chi connectivity index (χ2n) is 3.02. The molecule has 0 aromatic carbocycles. The Morgan fingerprint density at radius 1 is 1.53 bits per heavy atom. The molecule has 0 N–H and O–H groups in total. The third kappa shape index (κ3) is 1.90. The first kappa shape index (κ1) is 10.2. The van der Waals surface area contributed by atoms with Crippen LogP contribution in [0.5, 0.6) is 0 Å². The van der Waals surface area contributed by atoms with Crippen LogP contribution in [0.25, 0.3) is 11.2 Å². The van der Waals surface area contributed by atoms with Gasteiger partial charge in [-0.3, -0.25) is 0 Å². The van der Waals surface area contributed by atoms with Crippen LogP contribution < -0.4 is 0 Å². The standard InChI is InChI=1S/C8H7ClF2N4/c1-4-7-8(13-5(9)2-12-7)15(14-4)3-6(10)11/h2,6H,3H2,1H3. The largest absolute Gasteiger partial charge is 0.258 e. The van der Waals surface area contributed by atoms with Gasteiger partial charge in [-0.15, -0.1) is 0 Å². The summed E-state index contributed by atoms with van der Waals surface area (Å²) < 4.78 is 25.6. The molecule has 7 heteroatoms. The Labute approximate surface area is 88.9 Å². The van der Waals surface area contributed by atoms with Crippen LogP contribution in [0, 0.1) is 6.92 Å². The van der Waals surface area contributed by atoms with Crippen molar-refractivity contribution in [1.82, 2.24) is 19.7 Å². The van der Waals surface area contributed by atoms with Gasteiger partial charge in [-0.25, -0.2) is 23.4 Å². The maximum atomic E-state index is 12.2. The molecule has 80 valence electrons. The molecule has 0 bridgehead atoms. The fourth-order valence-electron chi connectivity index (χ4n) is 1.33. The molecule has 2 aromatic rings. The van der Waals surface area contributed by atoms with Gasteiger partial charge in [0.25, 0.3) is 6.43 Å². The van der Waals surface area contributed by atoms with E-state index >= 15 is 0 Å². The quantitative estimate of drug-likeness (QED) is 0.796. The van der Waals surface area contributed by atoms with Gasteiger partial charge in [-0.05, 0) is 6.92 Å². The van der Waals surface area contributed by atoms with Gasteiger partial charge in [0.1, 0.15) is 17.2 Å². The fraction of sp³-hybridized carbons (Fsp3) is 0.375. The van der Waals surface area contributed by atoms with E-state index in [1.165, 1.54) is 6.20 Å². The summed E-state index contributed by atoms with van der Waals surface area (Å²) in [6.07, 6.45) is -1.11. The zero-order chi connectivity index (χ0) is 11.0. The predicted octanol–water partition coefficient (Wildman–Crippen LogP) is 2.05. The molecule has 4 nitrogen and oxygen atoms in total. The number of nitrogens with zero attached hydrogens (tertiary/aromatic N) is 4. The van der Waals surface area contributed by atoms with Gasteiger partial charge < -0.3 is 0 Å². The lowest BCUT2D eigenvalue weighted by molar-refractivity contribution is 0.123.